The number of rotatable bonds is 6. The summed E-state index contributed by atoms with van der Waals surface area (Å²) in [5.74, 6) is 1.00. The molecular formula is C11H16N2O2. The molecule has 1 aliphatic carbocycles. The molecule has 1 heterocycles. The highest BCUT2D eigenvalue weighted by Crippen LogP contribution is 2.38. The van der Waals surface area contributed by atoms with Gasteiger partial charge in [0.05, 0.1) is 0 Å². The topological polar surface area (TPSA) is 48.0 Å². The monoisotopic (exact) mass is 208 g/mol. The van der Waals surface area contributed by atoms with Crippen LogP contribution in [0.2, 0.25) is 0 Å². The fourth-order valence-corrected chi connectivity index (χ4v) is 1.68. The van der Waals surface area contributed by atoms with Crippen molar-refractivity contribution in [3.05, 3.63) is 29.0 Å². The fourth-order valence-electron chi connectivity index (χ4n) is 1.68. The van der Waals surface area contributed by atoms with E-state index < -0.39 is 0 Å². The van der Waals surface area contributed by atoms with E-state index in [9.17, 15) is 4.79 Å². The van der Waals surface area contributed by atoms with E-state index in [2.05, 4.69) is 11.7 Å². The van der Waals surface area contributed by atoms with Crippen LogP contribution in [-0.2, 0) is 6.54 Å². The maximum atomic E-state index is 11.3. The SMILES string of the molecule is C=CCCCCn1c(C2CC2)noc1=O. The molecule has 0 bridgehead atoms. The number of hydrogen-bond acceptors (Lipinski definition) is 3. The maximum absolute atomic E-state index is 11.3. The normalized spacial score (nSPS) is 15.5. The number of allylic oxidation sites excluding steroid dienone is 1. The van der Waals surface area contributed by atoms with Gasteiger partial charge in [-0.25, -0.2) is 4.79 Å². The zero-order chi connectivity index (χ0) is 10.7. The Kier molecular flexibility index (Phi) is 3.04. The van der Waals surface area contributed by atoms with E-state index in [1.165, 1.54) is 0 Å². The molecule has 0 radical (unpaired) electrons. The average Bonchev–Trinajstić information content (AvgIpc) is 3.00. The van der Waals surface area contributed by atoms with Crippen LogP contribution < -0.4 is 5.76 Å². The van der Waals surface area contributed by atoms with E-state index in [4.69, 9.17) is 4.52 Å². The molecule has 1 fully saturated rings. The van der Waals surface area contributed by atoms with Crippen LogP contribution in [0.1, 0.15) is 43.8 Å². The largest absolute Gasteiger partial charge is 0.441 e. The van der Waals surface area contributed by atoms with Gasteiger partial charge in [-0.1, -0.05) is 11.2 Å². The van der Waals surface area contributed by atoms with Crippen LogP contribution in [0.5, 0.6) is 0 Å². The average molecular weight is 208 g/mol. The summed E-state index contributed by atoms with van der Waals surface area (Å²) < 4.78 is 6.37. The molecule has 0 saturated heterocycles. The molecule has 1 aromatic rings. The van der Waals surface area contributed by atoms with Crippen LogP contribution in [0.15, 0.2) is 22.0 Å². The molecule has 82 valence electrons. The van der Waals surface area contributed by atoms with Crippen molar-refractivity contribution in [1.29, 1.82) is 0 Å². The number of aromatic nitrogens is 2. The summed E-state index contributed by atoms with van der Waals surface area (Å²) in [6.45, 7) is 4.39. The molecule has 0 N–H and O–H groups in total. The third-order valence-corrected chi connectivity index (χ3v) is 2.70. The van der Waals surface area contributed by atoms with Crippen LogP contribution in [0.4, 0.5) is 0 Å². The molecule has 1 aliphatic rings. The van der Waals surface area contributed by atoms with E-state index in [0.717, 1.165) is 44.5 Å². The Morgan fingerprint density at radius 3 is 3.00 bits per heavy atom. The lowest BCUT2D eigenvalue weighted by Gasteiger charge is -2.01. The maximum Gasteiger partial charge on any atom is 0.441 e. The smallest absolute Gasteiger partial charge is 0.296 e. The third kappa shape index (κ3) is 2.37. The van der Waals surface area contributed by atoms with Crippen molar-refractivity contribution < 1.29 is 4.52 Å². The minimum Gasteiger partial charge on any atom is -0.296 e. The molecule has 4 nitrogen and oxygen atoms in total. The second-order valence-electron chi connectivity index (χ2n) is 4.02. The molecule has 0 unspecified atom stereocenters. The van der Waals surface area contributed by atoms with Crippen molar-refractivity contribution in [2.75, 3.05) is 0 Å². The summed E-state index contributed by atoms with van der Waals surface area (Å²) in [6.07, 6.45) is 7.21. The summed E-state index contributed by atoms with van der Waals surface area (Å²) >= 11 is 0. The predicted octanol–water partition coefficient (Wildman–Crippen LogP) is 2.07. The van der Waals surface area contributed by atoms with E-state index in [0.29, 0.717) is 5.92 Å². The van der Waals surface area contributed by atoms with Crippen LogP contribution in [0.25, 0.3) is 0 Å². The molecule has 2 rings (SSSR count). The Labute approximate surface area is 88.6 Å². The second-order valence-corrected chi connectivity index (χ2v) is 4.02. The molecule has 0 spiro atoms. The van der Waals surface area contributed by atoms with Gasteiger partial charge in [0.1, 0.15) is 0 Å². The highest BCUT2D eigenvalue weighted by Gasteiger charge is 2.30. The van der Waals surface area contributed by atoms with Crippen molar-refractivity contribution in [3.63, 3.8) is 0 Å². The fraction of sp³-hybridized carbons (Fsp3) is 0.636. The Balaban J connectivity index is 1.96. The van der Waals surface area contributed by atoms with Gasteiger partial charge in [0.2, 0.25) is 0 Å². The van der Waals surface area contributed by atoms with Gasteiger partial charge < -0.3 is 0 Å². The van der Waals surface area contributed by atoms with Crippen molar-refractivity contribution in [3.8, 4) is 0 Å². The zero-order valence-electron chi connectivity index (χ0n) is 8.82. The van der Waals surface area contributed by atoms with E-state index in [1.807, 2.05) is 6.08 Å². The summed E-state index contributed by atoms with van der Waals surface area (Å²) in [6, 6.07) is 0. The molecule has 0 aliphatic heterocycles. The Bertz CT molecular complexity index is 388. The van der Waals surface area contributed by atoms with E-state index >= 15 is 0 Å². The van der Waals surface area contributed by atoms with E-state index in [1.54, 1.807) is 4.57 Å². The predicted molar refractivity (Wildman–Crippen MR) is 56.8 cm³/mol. The quantitative estimate of drug-likeness (QED) is 0.531. The minimum absolute atomic E-state index is 0.310. The van der Waals surface area contributed by atoms with Gasteiger partial charge in [0.25, 0.3) is 0 Å². The van der Waals surface area contributed by atoms with Gasteiger partial charge in [0, 0.05) is 12.5 Å². The lowest BCUT2D eigenvalue weighted by molar-refractivity contribution is 0.372. The summed E-state index contributed by atoms with van der Waals surface area (Å²) in [5.41, 5.74) is 0. The first-order valence-electron chi connectivity index (χ1n) is 5.50. The van der Waals surface area contributed by atoms with Gasteiger partial charge in [0.15, 0.2) is 5.82 Å². The minimum atomic E-state index is -0.310. The highest BCUT2D eigenvalue weighted by atomic mass is 16.5. The first kappa shape index (κ1) is 10.2. The van der Waals surface area contributed by atoms with Crippen molar-refractivity contribution in [2.45, 2.75) is 44.6 Å². The van der Waals surface area contributed by atoms with Crippen LogP contribution in [0.3, 0.4) is 0 Å². The lowest BCUT2D eigenvalue weighted by Crippen LogP contribution is -2.16. The van der Waals surface area contributed by atoms with Gasteiger partial charge in [-0.2, -0.15) is 0 Å². The second kappa shape index (κ2) is 4.47. The first-order valence-corrected chi connectivity index (χ1v) is 5.50. The lowest BCUT2D eigenvalue weighted by atomic mass is 10.2. The molecule has 0 amide bonds. The molecule has 1 saturated carbocycles. The molecule has 0 aromatic carbocycles. The summed E-state index contributed by atoms with van der Waals surface area (Å²) in [7, 11) is 0. The third-order valence-electron chi connectivity index (χ3n) is 2.70. The van der Waals surface area contributed by atoms with Crippen LogP contribution in [-0.4, -0.2) is 9.72 Å². The van der Waals surface area contributed by atoms with Crippen molar-refractivity contribution in [2.24, 2.45) is 0 Å². The van der Waals surface area contributed by atoms with Gasteiger partial charge in [-0.05, 0) is 32.1 Å². The van der Waals surface area contributed by atoms with Crippen molar-refractivity contribution in [1.82, 2.24) is 9.72 Å². The van der Waals surface area contributed by atoms with E-state index in [-0.39, 0.29) is 5.76 Å². The molecule has 15 heavy (non-hydrogen) atoms. The molecule has 0 atom stereocenters. The Hall–Kier alpha value is -1.32. The number of nitrogens with zero attached hydrogens (tertiary/aromatic N) is 2. The number of hydrogen-bond donors (Lipinski definition) is 0. The van der Waals surface area contributed by atoms with Crippen LogP contribution >= 0.6 is 0 Å². The van der Waals surface area contributed by atoms with Gasteiger partial charge in [-0.15, -0.1) is 6.58 Å². The molecule has 1 aromatic heterocycles. The molecule has 4 heteroatoms. The summed E-state index contributed by atoms with van der Waals surface area (Å²) in [4.78, 5) is 11.3. The summed E-state index contributed by atoms with van der Waals surface area (Å²) in [5, 5.41) is 3.83. The highest BCUT2D eigenvalue weighted by molar-refractivity contribution is 5.03. The van der Waals surface area contributed by atoms with Crippen LogP contribution in [0, 0.1) is 0 Å². The Morgan fingerprint density at radius 2 is 2.33 bits per heavy atom. The standard InChI is InChI=1S/C11H16N2O2/c1-2-3-4-5-8-13-10(9-6-7-9)12-15-11(13)14/h2,9H,1,3-8H2. The van der Waals surface area contributed by atoms with Gasteiger partial charge >= 0.3 is 5.76 Å². The van der Waals surface area contributed by atoms with Crippen molar-refractivity contribution >= 4 is 0 Å². The Morgan fingerprint density at radius 1 is 1.53 bits per heavy atom. The van der Waals surface area contributed by atoms with Gasteiger partial charge in [-0.3, -0.25) is 9.09 Å². The molecular weight excluding hydrogens is 192 g/mol. The zero-order valence-corrected chi connectivity index (χ0v) is 8.82. The first-order chi connectivity index (χ1) is 7.33. The number of unbranched alkanes of at least 4 members (excludes halogenated alkanes) is 2.